The number of benzene rings is 1. The number of piperidine rings is 1. The average Bonchev–Trinajstić information content (AvgIpc) is 2.89. The van der Waals surface area contributed by atoms with Crippen LogP contribution in [0.5, 0.6) is 0 Å². The number of carbonyl (C=O) groups excluding carboxylic acids is 3. The minimum atomic E-state index is -0.535. The number of nitrogens with zero attached hydrogens (tertiary/aromatic N) is 2. The van der Waals surface area contributed by atoms with Gasteiger partial charge in [0, 0.05) is 13.1 Å². The van der Waals surface area contributed by atoms with Gasteiger partial charge in [0.15, 0.2) is 0 Å². The van der Waals surface area contributed by atoms with Crippen LogP contribution in [0.3, 0.4) is 0 Å². The number of carbonyl (C=O) groups is 3. The normalized spacial score (nSPS) is 21.1. The van der Waals surface area contributed by atoms with Crippen molar-refractivity contribution >= 4 is 17.8 Å². The van der Waals surface area contributed by atoms with Crippen LogP contribution in [0.1, 0.15) is 31.2 Å². The highest BCUT2D eigenvalue weighted by Crippen LogP contribution is 2.15. The van der Waals surface area contributed by atoms with Gasteiger partial charge < -0.3 is 10.2 Å². The second-order valence-electron chi connectivity index (χ2n) is 6.39. The maximum atomic E-state index is 12.4. The molecule has 4 amide bonds. The van der Waals surface area contributed by atoms with E-state index < -0.39 is 12.1 Å². The zero-order valence-corrected chi connectivity index (χ0v) is 13.7. The predicted molar refractivity (Wildman–Crippen MR) is 89.2 cm³/mol. The summed E-state index contributed by atoms with van der Waals surface area (Å²) in [4.78, 5) is 39.6. The maximum Gasteiger partial charge on any atom is 0.325 e. The minimum absolute atomic E-state index is 0.137. The molecule has 0 aromatic heterocycles. The molecule has 2 fully saturated rings. The zero-order chi connectivity index (χ0) is 16.9. The Balaban J connectivity index is 1.54. The van der Waals surface area contributed by atoms with Crippen LogP contribution in [-0.2, 0) is 16.0 Å². The molecule has 0 unspecified atom stereocenters. The SMILES string of the molecule is O=C(CN1C(=O)N[C@@H](CCc2ccccc2)C1=O)N1CCCCC1. The Kier molecular flexibility index (Phi) is 5.13. The van der Waals surface area contributed by atoms with Crippen molar-refractivity contribution in [2.75, 3.05) is 19.6 Å². The first-order valence-electron chi connectivity index (χ1n) is 8.59. The molecule has 3 rings (SSSR count). The van der Waals surface area contributed by atoms with Crippen molar-refractivity contribution in [3.05, 3.63) is 35.9 Å². The highest BCUT2D eigenvalue weighted by molar-refractivity contribution is 6.06. The van der Waals surface area contributed by atoms with Crippen molar-refractivity contribution in [3.8, 4) is 0 Å². The summed E-state index contributed by atoms with van der Waals surface area (Å²) >= 11 is 0. The Morgan fingerprint density at radius 2 is 1.79 bits per heavy atom. The molecule has 0 aliphatic carbocycles. The molecule has 1 atom stereocenters. The molecule has 2 aliphatic heterocycles. The first-order valence-corrected chi connectivity index (χ1v) is 8.59. The number of imide groups is 1. The Bertz CT molecular complexity index is 611. The summed E-state index contributed by atoms with van der Waals surface area (Å²) in [6.07, 6.45) is 4.38. The Labute approximate surface area is 141 Å². The zero-order valence-electron chi connectivity index (χ0n) is 13.7. The second kappa shape index (κ2) is 7.47. The van der Waals surface area contributed by atoms with Gasteiger partial charge in [0.25, 0.3) is 5.91 Å². The van der Waals surface area contributed by atoms with Crippen LogP contribution in [0.25, 0.3) is 0 Å². The third-order valence-electron chi connectivity index (χ3n) is 4.67. The van der Waals surface area contributed by atoms with E-state index in [9.17, 15) is 14.4 Å². The fraction of sp³-hybridized carbons (Fsp3) is 0.500. The lowest BCUT2D eigenvalue weighted by atomic mass is 10.1. The van der Waals surface area contributed by atoms with E-state index in [4.69, 9.17) is 0 Å². The van der Waals surface area contributed by atoms with Crippen LogP contribution in [0.15, 0.2) is 30.3 Å². The molecular formula is C18H23N3O3. The van der Waals surface area contributed by atoms with E-state index in [0.29, 0.717) is 12.8 Å². The Morgan fingerprint density at radius 3 is 2.50 bits per heavy atom. The van der Waals surface area contributed by atoms with Crippen molar-refractivity contribution in [2.45, 2.75) is 38.1 Å². The van der Waals surface area contributed by atoms with Crippen molar-refractivity contribution in [2.24, 2.45) is 0 Å². The second-order valence-corrected chi connectivity index (χ2v) is 6.39. The molecule has 0 saturated carbocycles. The average molecular weight is 329 g/mol. The molecule has 0 spiro atoms. The van der Waals surface area contributed by atoms with Gasteiger partial charge in [0.05, 0.1) is 0 Å². The lowest BCUT2D eigenvalue weighted by Crippen LogP contribution is -2.45. The molecule has 2 saturated heterocycles. The van der Waals surface area contributed by atoms with Crippen molar-refractivity contribution in [1.82, 2.24) is 15.1 Å². The van der Waals surface area contributed by atoms with E-state index in [1.54, 1.807) is 4.90 Å². The molecule has 6 heteroatoms. The summed E-state index contributed by atoms with van der Waals surface area (Å²) in [6.45, 7) is 1.30. The standard InChI is InChI=1S/C18H23N3O3/c22-16(20-11-5-2-6-12-20)13-21-17(23)15(19-18(21)24)10-9-14-7-3-1-4-8-14/h1,3-4,7-8,15H,2,5-6,9-13H2,(H,19,24)/t15-/m0/s1. The van der Waals surface area contributed by atoms with E-state index in [1.807, 2.05) is 30.3 Å². The maximum absolute atomic E-state index is 12.4. The number of amides is 4. The molecule has 24 heavy (non-hydrogen) atoms. The van der Waals surface area contributed by atoms with E-state index in [2.05, 4.69) is 5.32 Å². The first-order chi connectivity index (χ1) is 11.6. The quantitative estimate of drug-likeness (QED) is 0.833. The van der Waals surface area contributed by atoms with E-state index in [0.717, 1.165) is 42.8 Å². The molecule has 0 bridgehead atoms. The summed E-state index contributed by atoms with van der Waals surface area (Å²) < 4.78 is 0. The third kappa shape index (κ3) is 3.75. The summed E-state index contributed by atoms with van der Waals surface area (Å²) in [5.74, 6) is -0.428. The van der Waals surface area contributed by atoms with Gasteiger partial charge in [-0.15, -0.1) is 0 Å². The lowest BCUT2D eigenvalue weighted by Gasteiger charge is -2.27. The van der Waals surface area contributed by atoms with Crippen molar-refractivity contribution < 1.29 is 14.4 Å². The summed E-state index contributed by atoms with van der Waals surface area (Å²) in [5, 5.41) is 2.70. The van der Waals surface area contributed by atoms with Crippen molar-refractivity contribution in [1.29, 1.82) is 0 Å². The van der Waals surface area contributed by atoms with E-state index in [1.165, 1.54) is 0 Å². The molecule has 1 aromatic rings. The van der Waals surface area contributed by atoms with Gasteiger partial charge in [0.2, 0.25) is 5.91 Å². The molecular weight excluding hydrogens is 306 g/mol. The highest BCUT2D eigenvalue weighted by Gasteiger charge is 2.39. The summed E-state index contributed by atoms with van der Waals surface area (Å²) in [5.41, 5.74) is 1.13. The van der Waals surface area contributed by atoms with Crippen LogP contribution in [0, 0.1) is 0 Å². The van der Waals surface area contributed by atoms with Gasteiger partial charge in [-0.1, -0.05) is 30.3 Å². The Morgan fingerprint density at radius 1 is 1.08 bits per heavy atom. The van der Waals surface area contributed by atoms with Crippen LogP contribution >= 0.6 is 0 Å². The van der Waals surface area contributed by atoms with Crippen LogP contribution in [-0.4, -0.2) is 53.3 Å². The van der Waals surface area contributed by atoms with Gasteiger partial charge in [-0.3, -0.25) is 14.5 Å². The summed E-state index contributed by atoms with van der Waals surface area (Å²) in [7, 11) is 0. The van der Waals surface area contributed by atoms with Gasteiger partial charge in [-0.25, -0.2) is 4.79 Å². The smallest absolute Gasteiger partial charge is 0.325 e. The Hall–Kier alpha value is -2.37. The molecule has 2 aliphatic rings. The van der Waals surface area contributed by atoms with Crippen molar-refractivity contribution in [3.63, 3.8) is 0 Å². The fourth-order valence-corrected chi connectivity index (χ4v) is 3.26. The number of nitrogens with one attached hydrogen (secondary N) is 1. The van der Waals surface area contributed by atoms with E-state index in [-0.39, 0.29) is 18.4 Å². The lowest BCUT2D eigenvalue weighted by molar-refractivity contribution is -0.138. The van der Waals surface area contributed by atoms with Gasteiger partial charge in [-0.05, 0) is 37.7 Å². The van der Waals surface area contributed by atoms with Gasteiger partial charge in [0.1, 0.15) is 12.6 Å². The minimum Gasteiger partial charge on any atom is -0.341 e. The number of hydrogen-bond donors (Lipinski definition) is 1. The molecule has 2 heterocycles. The van der Waals surface area contributed by atoms with Gasteiger partial charge in [-0.2, -0.15) is 0 Å². The van der Waals surface area contributed by atoms with Crippen LogP contribution < -0.4 is 5.32 Å². The number of likely N-dealkylation sites (tertiary alicyclic amines) is 1. The fourth-order valence-electron chi connectivity index (χ4n) is 3.26. The van der Waals surface area contributed by atoms with Crippen LogP contribution in [0.2, 0.25) is 0 Å². The predicted octanol–water partition coefficient (Wildman–Crippen LogP) is 1.55. The van der Waals surface area contributed by atoms with Gasteiger partial charge >= 0.3 is 6.03 Å². The third-order valence-corrected chi connectivity index (χ3v) is 4.67. The van der Waals surface area contributed by atoms with Crippen LogP contribution in [0.4, 0.5) is 4.79 Å². The summed E-state index contributed by atoms with van der Waals surface area (Å²) in [6, 6.07) is 8.86. The first kappa shape index (κ1) is 16.5. The largest absolute Gasteiger partial charge is 0.341 e. The molecule has 128 valence electrons. The monoisotopic (exact) mass is 329 g/mol. The highest BCUT2D eigenvalue weighted by atomic mass is 16.2. The molecule has 1 N–H and O–H groups in total. The number of aryl methyl sites for hydroxylation is 1. The molecule has 1 aromatic carbocycles. The number of rotatable bonds is 5. The molecule has 6 nitrogen and oxygen atoms in total. The number of urea groups is 1. The number of hydrogen-bond acceptors (Lipinski definition) is 3. The topological polar surface area (TPSA) is 69.7 Å². The molecule has 0 radical (unpaired) electrons. The van der Waals surface area contributed by atoms with E-state index >= 15 is 0 Å².